The van der Waals surface area contributed by atoms with Gasteiger partial charge in [0.1, 0.15) is 0 Å². The summed E-state index contributed by atoms with van der Waals surface area (Å²) in [6.45, 7) is 0. The number of carboxylic acid groups (broad SMARTS) is 1. The number of fused-ring (bicyclic) bond motifs is 1. The normalized spacial score (nSPS) is 14.0. The number of anilines is 1. The Morgan fingerprint density at radius 2 is 1.71 bits per heavy atom. The van der Waals surface area contributed by atoms with Crippen LogP contribution in [0.3, 0.4) is 0 Å². The monoisotopic (exact) mass is 335 g/mol. The minimum absolute atomic E-state index is 0.0737. The summed E-state index contributed by atoms with van der Waals surface area (Å²) in [7, 11) is 0. The lowest BCUT2D eigenvalue weighted by atomic mass is 9.93. The number of benzene rings is 2. The van der Waals surface area contributed by atoms with Crippen molar-refractivity contribution in [3.05, 3.63) is 53.1 Å². The number of amides is 1. The number of nitrogens with one attached hydrogen (secondary N) is 1. The Bertz CT molecular complexity index is 826. The number of hydrogen-bond acceptors (Lipinski definition) is 2. The Hall–Kier alpha value is -2.83. The van der Waals surface area contributed by atoms with Crippen molar-refractivity contribution in [3.8, 4) is 11.1 Å². The van der Waals surface area contributed by atoms with Crippen LogP contribution in [0.1, 0.15) is 27.9 Å². The number of halogens is 3. The first kappa shape index (κ1) is 16.0. The zero-order valence-corrected chi connectivity index (χ0v) is 12.3. The zero-order valence-electron chi connectivity index (χ0n) is 12.3. The minimum atomic E-state index is -4.43. The Kier molecular flexibility index (Phi) is 3.79. The van der Waals surface area contributed by atoms with Gasteiger partial charge in [0.05, 0.1) is 16.8 Å². The molecule has 0 fully saturated rings. The number of carbonyl (C=O) groups is 2. The second-order valence-corrected chi connectivity index (χ2v) is 5.49. The van der Waals surface area contributed by atoms with Crippen LogP contribution in [0.25, 0.3) is 11.1 Å². The quantitative estimate of drug-likeness (QED) is 0.873. The van der Waals surface area contributed by atoms with Crippen molar-refractivity contribution in [1.82, 2.24) is 0 Å². The van der Waals surface area contributed by atoms with E-state index < -0.39 is 17.7 Å². The number of hydrogen-bond donors (Lipinski definition) is 2. The number of alkyl halides is 3. The number of carbonyl (C=O) groups excluding carboxylic acids is 1. The summed E-state index contributed by atoms with van der Waals surface area (Å²) in [5.74, 6) is -1.46. The fraction of sp³-hybridized carbons (Fsp3) is 0.176. The van der Waals surface area contributed by atoms with Gasteiger partial charge in [-0.15, -0.1) is 0 Å². The maximum atomic E-state index is 12.6. The van der Waals surface area contributed by atoms with Gasteiger partial charge in [-0.05, 0) is 47.4 Å². The Morgan fingerprint density at radius 1 is 1.04 bits per heavy atom. The van der Waals surface area contributed by atoms with Crippen molar-refractivity contribution in [2.45, 2.75) is 19.0 Å². The van der Waals surface area contributed by atoms with E-state index in [0.29, 0.717) is 23.1 Å². The summed E-state index contributed by atoms with van der Waals surface area (Å²) in [6.07, 6.45) is -3.80. The van der Waals surface area contributed by atoms with Gasteiger partial charge in [-0.2, -0.15) is 13.2 Å². The van der Waals surface area contributed by atoms with Crippen molar-refractivity contribution >= 4 is 17.6 Å². The van der Waals surface area contributed by atoms with Crippen LogP contribution >= 0.6 is 0 Å². The van der Waals surface area contributed by atoms with Crippen LogP contribution in [0.2, 0.25) is 0 Å². The smallest absolute Gasteiger partial charge is 0.416 e. The van der Waals surface area contributed by atoms with E-state index in [0.717, 1.165) is 12.1 Å². The number of aryl methyl sites for hydroxylation is 1. The first-order chi connectivity index (χ1) is 11.3. The highest BCUT2D eigenvalue weighted by molar-refractivity contribution is 6.04. The highest BCUT2D eigenvalue weighted by atomic mass is 19.4. The van der Waals surface area contributed by atoms with Gasteiger partial charge in [0, 0.05) is 6.42 Å². The molecule has 24 heavy (non-hydrogen) atoms. The van der Waals surface area contributed by atoms with E-state index in [1.165, 1.54) is 18.2 Å². The molecular formula is C17H12F3NO3. The summed E-state index contributed by atoms with van der Waals surface area (Å²) < 4.78 is 37.9. The molecule has 0 aliphatic carbocycles. The van der Waals surface area contributed by atoms with Gasteiger partial charge in [0.25, 0.3) is 0 Å². The molecule has 2 aromatic rings. The zero-order chi connectivity index (χ0) is 17.5. The SMILES string of the molecule is O=C1CCc2cc(-c3ccc(C(F)(F)F)cc3)cc(C(=O)O)c2N1. The molecular weight excluding hydrogens is 323 g/mol. The molecule has 3 rings (SSSR count). The lowest BCUT2D eigenvalue weighted by Gasteiger charge is -2.20. The molecule has 0 saturated heterocycles. The van der Waals surface area contributed by atoms with Gasteiger partial charge >= 0.3 is 12.1 Å². The Balaban J connectivity index is 2.07. The largest absolute Gasteiger partial charge is 0.478 e. The Labute approximate surface area is 134 Å². The molecule has 0 bridgehead atoms. The third kappa shape index (κ3) is 2.97. The lowest BCUT2D eigenvalue weighted by molar-refractivity contribution is -0.137. The van der Waals surface area contributed by atoms with Crippen LogP contribution in [-0.4, -0.2) is 17.0 Å². The molecule has 0 radical (unpaired) electrons. The summed E-state index contributed by atoms with van der Waals surface area (Å²) >= 11 is 0. The van der Waals surface area contributed by atoms with Crippen LogP contribution in [0.5, 0.6) is 0 Å². The van der Waals surface area contributed by atoms with Crippen molar-refractivity contribution in [3.63, 3.8) is 0 Å². The van der Waals surface area contributed by atoms with E-state index in [1.807, 2.05) is 0 Å². The van der Waals surface area contributed by atoms with Crippen molar-refractivity contribution in [2.24, 2.45) is 0 Å². The molecule has 0 spiro atoms. The molecule has 1 aliphatic heterocycles. The van der Waals surface area contributed by atoms with Crippen molar-refractivity contribution < 1.29 is 27.9 Å². The third-order valence-electron chi connectivity index (χ3n) is 3.88. The lowest BCUT2D eigenvalue weighted by Crippen LogP contribution is -2.21. The van der Waals surface area contributed by atoms with E-state index in [1.54, 1.807) is 6.07 Å². The third-order valence-corrected chi connectivity index (χ3v) is 3.88. The van der Waals surface area contributed by atoms with E-state index >= 15 is 0 Å². The number of aromatic carboxylic acids is 1. The summed E-state index contributed by atoms with van der Waals surface area (Å²) in [5.41, 5.74) is 1.05. The van der Waals surface area contributed by atoms with Crippen LogP contribution in [-0.2, 0) is 17.4 Å². The van der Waals surface area contributed by atoms with Gasteiger partial charge in [-0.25, -0.2) is 4.79 Å². The fourth-order valence-corrected chi connectivity index (χ4v) is 2.68. The maximum Gasteiger partial charge on any atom is 0.416 e. The Morgan fingerprint density at radius 3 is 2.29 bits per heavy atom. The molecule has 7 heteroatoms. The van der Waals surface area contributed by atoms with Gasteiger partial charge in [0.2, 0.25) is 5.91 Å². The molecule has 0 saturated carbocycles. The summed E-state index contributed by atoms with van der Waals surface area (Å²) in [6, 6.07) is 7.57. The molecule has 0 atom stereocenters. The molecule has 1 heterocycles. The maximum absolute atomic E-state index is 12.6. The summed E-state index contributed by atoms with van der Waals surface area (Å²) in [4.78, 5) is 22.9. The van der Waals surface area contributed by atoms with Crippen molar-refractivity contribution in [1.29, 1.82) is 0 Å². The van der Waals surface area contributed by atoms with Gasteiger partial charge < -0.3 is 10.4 Å². The molecule has 1 aliphatic rings. The molecule has 1 amide bonds. The molecule has 0 aromatic heterocycles. The fourth-order valence-electron chi connectivity index (χ4n) is 2.68. The first-order valence-corrected chi connectivity index (χ1v) is 7.13. The minimum Gasteiger partial charge on any atom is -0.478 e. The average Bonchev–Trinajstić information content (AvgIpc) is 2.53. The highest BCUT2D eigenvalue weighted by Crippen LogP contribution is 2.34. The van der Waals surface area contributed by atoms with E-state index in [9.17, 15) is 27.9 Å². The molecule has 0 unspecified atom stereocenters. The van der Waals surface area contributed by atoms with Gasteiger partial charge in [0.15, 0.2) is 0 Å². The molecule has 124 valence electrons. The van der Waals surface area contributed by atoms with Crippen LogP contribution < -0.4 is 5.32 Å². The molecule has 2 aromatic carbocycles. The van der Waals surface area contributed by atoms with Crippen LogP contribution in [0.15, 0.2) is 36.4 Å². The second kappa shape index (κ2) is 5.67. The van der Waals surface area contributed by atoms with Crippen LogP contribution in [0, 0.1) is 0 Å². The predicted molar refractivity (Wildman–Crippen MR) is 80.8 cm³/mol. The number of carboxylic acids is 1. The molecule has 4 nitrogen and oxygen atoms in total. The van der Waals surface area contributed by atoms with E-state index in [2.05, 4.69) is 5.32 Å². The van der Waals surface area contributed by atoms with Crippen molar-refractivity contribution in [2.75, 3.05) is 5.32 Å². The standard InChI is InChI=1S/C17H12F3NO3/c18-17(19,20)12-4-1-9(2-5-12)11-7-10-3-6-14(22)21-15(10)13(8-11)16(23)24/h1-2,4-5,7-8H,3,6H2,(H,21,22)(H,23,24). The average molecular weight is 335 g/mol. The second-order valence-electron chi connectivity index (χ2n) is 5.49. The van der Waals surface area contributed by atoms with Gasteiger partial charge in [-0.3, -0.25) is 4.79 Å². The van der Waals surface area contributed by atoms with E-state index in [-0.39, 0.29) is 23.6 Å². The molecule has 2 N–H and O–H groups in total. The first-order valence-electron chi connectivity index (χ1n) is 7.13. The summed E-state index contributed by atoms with van der Waals surface area (Å²) in [5, 5.41) is 11.9. The predicted octanol–water partition coefficient (Wildman–Crippen LogP) is 3.96. The highest BCUT2D eigenvalue weighted by Gasteiger charge is 2.30. The topological polar surface area (TPSA) is 66.4 Å². The van der Waals surface area contributed by atoms with E-state index in [4.69, 9.17) is 0 Å². The van der Waals surface area contributed by atoms with Gasteiger partial charge in [-0.1, -0.05) is 12.1 Å². The number of rotatable bonds is 2. The van der Waals surface area contributed by atoms with Crippen LogP contribution in [0.4, 0.5) is 18.9 Å².